The van der Waals surface area contributed by atoms with Crippen LogP contribution < -0.4 is 0 Å². The molecule has 3 nitrogen and oxygen atoms in total. The molecule has 1 N–H and O–H groups in total. The topological polar surface area (TPSA) is 54.4 Å². The molecule has 0 saturated heterocycles. The molecule has 0 aliphatic heterocycles. The van der Waals surface area contributed by atoms with Gasteiger partial charge in [-0.1, -0.05) is 29.5 Å². The minimum atomic E-state index is -1.13. The number of carboxylic acids is 1. The van der Waals surface area contributed by atoms with E-state index in [1.165, 1.54) is 5.56 Å². The van der Waals surface area contributed by atoms with E-state index in [0.717, 1.165) is 21.9 Å². The highest BCUT2D eigenvalue weighted by Crippen LogP contribution is 2.27. The zero-order valence-corrected chi connectivity index (χ0v) is 12.3. The lowest BCUT2D eigenvalue weighted by atomic mass is 10.1. The highest BCUT2D eigenvalue weighted by atomic mass is 32.2. The molecule has 2 aromatic carbocycles. The normalized spacial score (nSPS) is 10.7. The summed E-state index contributed by atoms with van der Waals surface area (Å²) >= 11 is 1.61. The number of carbonyl (C=O) groups excluding carboxylic acids is 1. The predicted molar refractivity (Wildman–Crippen MR) is 82.9 cm³/mol. The Bertz CT molecular complexity index is 670. The third-order valence-corrected chi connectivity index (χ3v) is 3.79. The summed E-state index contributed by atoms with van der Waals surface area (Å²) in [7, 11) is 0. The number of allylic oxidation sites excluding steroid dienone is 1. The number of carboxylic acid groups (broad SMARTS) is 1. The van der Waals surface area contributed by atoms with Crippen LogP contribution in [0.3, 0.4) is 0 Å². The molecule has 21 heavy (non-hydrogen) atoms. The first kappa shape index (κ1) is 15.1. The standard InChI is InChI=1S/C17H14O3S/c1-12-2-6-14(7-3-12)21-15-8-4-13(5-9-15)16(18)10-11-17(19)20/h2-11H,1H3,(H,19,20)/b11-10+. The highest BCUT2D eigenvalue weighted by Gasteiger charge is 2.03. The minimum absolute atomic E-state index is 0.315. The molecule has 0 aliphatic carbocycles. The van der Waals surface area contributed by atoms with E-state index in [1.807, 2.05) is 19.1 Å². The van der Waals surface area contributed by atoms with Crippen LogP contribution in [0.2, 0.25) is 0 Å². The fourth-order valence-corrected chi connectivity index (χ4v) is 2.49. The molecule has 0 atom stereocenters. The summed E-state index contributed by atoms with van der Waals surface area (Å²) in [4.78, 5) is 24.2. The van der Waals surface area contributed by atoms with Gasteiger partial charge in [0, 0.05) is 21.4 Å². The Morgan fingerprint density at radius 3 is 1.95 bits per heavy atom. The largest absolute Gasteiger partial charge is 0.478 e. The van der Waals surface area contributed by atoms with Gasteiger partial charge in [-0.25, -0.2) is 4.79 Å². The van der Waals surface area contributed by atoms with Crippen molar-refractivity contribution in [2.45, 2.75) is 16.7 Å². The minimum Gasteiger partial charge on any atom is -0.478 e. The second kappa shape index (κ2) is 6.90. The van der Waals surface area contributed by atoms with Crippen LogP contribution >= 0.6 is 11.8 Å². The van der Waals surface area contributed by atoms with Crippen molar-refractivity contribution in [1.82, 2.24) is 0 Å². The van der Waals surface area contributed by atoms with E-state index >= 15 is 0 Å². The molecule has 106 valence electrons. The number of aliphatic carboxylic acids is 1. The molecule has 0 unspecified atom stereocenters. The number of ketones is 1. The number of hydrogen-bond donors (Lipinski definition) is 1. The maximum absolute atomic E-state index is 11.7. The second-order valence-corrected chi connectivity index (χ2v) is 5.62. The van der Waals surface area contributed by atoms with Crippen LogP contribution in [-0.2, 0) is 4.79 Å². The first-order valence-corrected chi connectivity index (χ1v) is 7.16. The molecule has 0 bridgehead atoms. The molecule has 0 fully saturated rings. The van der Waals surface area contributed by atoms with E-state index in [1.54, 1.807) is 23.9 Å². The molecule has 2 rings (SSSR count). The van der Waals surface area contributed by atoms with Gasteiger partial charge in [-0.05, 0) is 49.4 Å². The van der Waals surface area contributed by atoms with E-state index < -0.39 is 5.97 Å². The number of rotatable bonds is 5. The van der Waals surface area contributed by atoms with Crippen LogP contribution in [0.15, 0.2) is 70.5 Å². The Hall–Kier alpha value is -2.33. The Morgan fingerprint density at radius 2 is 1.43 bits per heavy atom. The third-order valence-electron chi connectivity index (χ3n) is 2.77. The maximum atomic E-state index is 11.7. The average molecular weight is 298 g/mol. The van der Waals surface area contributed by atoms with Crippen molar-refractivity contribution in [2.24, 2.45) is 0 Å². The van der Waals surface area contributed by atoms with Crippen LogP contribution in [0.5, 0.6) is 0 Å². The molecule has 0 saturated carbocycles. The smallest absolute Gasteiger partial charge is 0.328 e. The van der Waals surface area contributed by atoms with Gasteiger partial charge in [-0.3, -0.25) is 4.79 Å². The van der Waals surface area contributed by atoms with Crippen molar-refractivity contribution in [3.05, 3.63) is 71.8 Å². The van der Waals surface area contributed by atoms with Gasteiger partial charge in [0.2, 0.25) is 0 Å². The lowest BCUT2D eigenvalue weighted by Gasteiger charge is -2.03. The summed E-state index contributed by atoms with van der Waals surface area (Å²) < 4.78 is 0. The molecular formula is C17H14O3S. The Morgan fingerprint density at radius 1 is 0.905 bits per heavy atom. The SMILES string of the molecule is Cc1ccc(Sc2ccc(C(=O)/C=C/C(=O)O)cc2)cc1. The number of benzene rings is 2. The number of aryl methyl sites for hydroxylation is 1. The molecule has 0 heterocycles. The zero-order valence-electron chi connectivity index (χ0n) is 11.4. The average Bonchev–Trinajstić information content (AvgIpc) is 2.48. The molecular weight excluding hydrogens is 284 g/mol. The monoisotopic (exact) mass is 298 g/mol. The van der Waals surface area contributed by atoms with Gasteiger partial charge in [0.1, 0.15) is 0 Å². The number of hydrogen-bond acceptors (Lipinski definition) is 3. The van der Waals surface area contributed by atoms with Crippen molar-refractivity contribution >= 4 is 23.5 Å². The molecule has 0 spiro atoms. The summed E-state index contributed by atoms with van der Waals surface area (Å²) in [5.74, 6) is -1.45. The van der Waals surface area contributed by atoms with Gasteiger partial charge in [0.05, 0.1) is 0 Å². The fourth-order valence-electron chi connectivity index (χ4n) is 1.67. The zero-order chi connectivity index (χ0) is 15.2. The fraction of sp³-hybridized carbons (Fsp3) is 0.0588. The quantitative estimate of drug-likeness (QED) is 0.670. The Kier molecular flexibility index (Phi) is 4.95. The Balaban J connectivity index is 2.06. The van der Waals surface area contributed by atoms with Crippen LogP contribution in [-0.4, -0.2) is 16.9 Å². The van der Waals surface area contributed by atoms with Crippen LogP contribution in [0.25, 0.3) is 0 Å². The molecule has 0 aromatic heterocycles. The first-order chi connectivity index (χ1) is 10.0. The van der Waals surface area contributed by atoms with E-state index in [4.69, 9.17) is 5.11 Å². The van der Waals surface area contributed by atoms with Crippen molar-refractivity contribution in [2.75, 3.05) is 0 Å². The van der Waals surface area contributed by atoms with Gasteiger partial charge in [0.25, 0.3) is 0 Å². The third kappa shape index (κ3) is 4.61. The summed E-state index contributed by atoms with van der Waals surface area (Å²) in [5, 5.41) is 8.49. The van der Waals surface area contributed by atoms with E-state index in [0.29, 0.717) is 5.56 Å². The van der Waals surface area contributed by atoms with E-state index in [-0.39, 0.29) is 5.78 Å². The first-order valence-electron chi connectivity index (χ1n) is 6.34. The second-order valence-electron chi connectivity index (χ2n) is 4.48. The van der Waals surface area contributed by atoms with E-state index in [2.05, 4.69) is 24.3 Å². The summed E-state index contributed by atoms with van der Waals surface area (Å²) in [6.07, 6.45) is 1.90. The molecule has 4 heteroatoms. The molecule has 2 aromatic rings. The van der Waals surface area contributed by atoms with Crippen molar-refractivity contribution in [3.8, 4) is 0 Å². The van der Waals surface area contributed by atoms with Gasteiger partial charge in [0.15, 0.2) is 5.78 Å². The lowest BCUT2D eigenvalue weighted by Crippen LogP contribution is -1.96. The summed E-state index contributed by atoms with van der Waals surface area (Å²) in [5.41, 5.74) is 1.69. The lowest BCUT2D eigenvalue weighted by molar-refractivity contribution is -0.131. The number of carbonyl (C=O) groups is 2. The van der Waals surface area contributed by atoms with Gasteiger partial charge in [-0.2, -0.15) is 0 Å². The van der Waals surface area contributed by atoms with Gasteiger partial charge >= 0.3 is 5.97 Å². The van der Waals surface area contributed by atoms with Gasteiger partial charge in [-0.15, -0.1) is 0 Å². The maximum Gasteiger partial charge on any atom is 0.328 e. The van der Waals surface area contributed by atoms with Crippen LogP contribution in [0.4, 0.5) is 0 Å². The van der Waals surface area contributed by atoms with Gasteiger partial charge < -0.3 is 5.11 Å². The van der Waals surface area contributed by atoms with Crippen molar-refractivity contribution in [1.29, 1.82) is 0 Å². The highest BCUT2D eigenvalue weighted by molar-refractivity contribution is 7.99. The molecule has 0 radical (unpaired) electrons. The Labute approximate surface area is 127 Å². The van der Waals surface area contributed by atoms with E-state index in [9.17, 15) is 9.59 Å². The van der Waals surface area contributed by atoms with Crippen LogP contribution in [0, 0.1) is 6.92 Å². The molecule has 0 amide bonds. The van der Waals surface area contributed by atoms with Crippen LogP contribution in [0.1, 0.15) is 15.9 Å². The summed E-state index contributed by atoms with van der Waals surface area (Å²) in [6.45, 7) is 2.04. The van der Waals surface area contributed by atoms with Crippen molar-refractivity contribution in [3.63, 3.8) is 0 Å². The summed E-state index contributed by atoms with van der Waals surface area (Å²) in [6, 6.07) is 15.3. The molecule has 0 aliphatic rings. The predicted octanol–water partition coefficient (Wildman–Crippen LogP) is 3.97. The van der Waals surface area contributed by atoms with Crippen molar-refractivity contribution < 1.29 is 14.7 Å².